The molecule has 1 N–H and O–H groups in total. The second-order valence-corrected chi connectivity index (χ2v) is 8.88. The van der Waals surface area contributed by atoms with Gasteiger partial charge < -0.3 is 9.47 Å². The molecular weight excluding hydrogens is 489 g/mol. The van der Waals surface area contributed by atoms with Gasteiger partial charge in [-0.25, -0.2) is 17.8 Å². The number of sulfonamides is 1. The molecule has 0 fully saturated rings. The molecule has 13 heteroatoms. The Kier molecular flexibility index (Phi) is 6.60. The fraction of sp³-hybridized carbons (Fsp3) is 0.136. The van der Waals surface area contributed by atoms with Gasteiger partial charge in [0.1, 0.15) is 35.2 Å². The smallest absolute Gasteiger partial charge is 0.487 e. The Balaban J connectivity index is 1.37. The van der Waals surface area contributed by atoms with Gasteiger partial charge >= 0.3 is 6.36 Å². The van der Waals surface area contributed by atoms with E-state index in [1.807, 2.05) is 36.4 Å². The molecule has 0 bridgehead atoms. The highest BCUT2D eigenvalue weighted by molar-refractivity contribution is 7.90. The zero-order chi connectivity index (χ0) is 25.1. The highest BCUT2D eigenvalue weighted by Gasteiger charge is 2.34. The molecule has 0 saturated carbocycles. The Morgan fingerprint density at radius 3 is 2.49 bits per heavy atom. The predicted molar refractivity (Wildman–Crippen MR) is 117 cm³/mol. The first-order valence-electron chi connectivity index (χ1n) is 10.0. The zero-order valence-corrected chi connectivity index (χ0v) is 18.6. The molecule has 35 heavy (non-hydrogen) atoms. The lowest BCUT2D eigenvalue weighted by molar-refractivity contribution is -0.275. The van der Waals surface area contributed by atoms with Crippen molar-refractivity contribution in [2.75, 3.05) is 0 Å². The van der Waals surface area contributed by atoms with Crippen LogP contribution in [0.25, 0.3) is 10.8 Å². The van der Waals surface area contributed by atoms with Gasteiger partial charge in [-0.1, -0.05) is 47.7 Å². The van der Waals surface area contributed by atoms with E-state index in [1.165, 1.54) is 18.3 Å². The number of hydrogen-bond acceptors (Lipinski definition) is 7. The van der Waals surface area contributed by atoms with Crippen LogP contribution in [0.15, 0.2) is 77.8 Å². The van der Waals surface area contributed by atoms with Crippen LogP contribution >= 0.6 is 0 Å². The highest BCUT2D eigenvalue weighted by Crippen LogP contribution is 2.29. The van der Waals surface area contributed by atoms with Crippen molar-refractivity contribution in [2.24, 2.45) is 0 Å². The van der Waals surface area contributed by atoms with Gasteiger partial charge in [-0.2, -0.15) is 0 Å². The van der Waals surface area contributed by atoms with Crippen LogP contribution in [0.2, 0.25) is 0 Å². The molecule has 3 aromatic carbocycles. The number of nitrogens with zero attached hydrogens (tertiary/aromatic N) is 3. The molecule has 4 aromatic rings. The minimum atomic E-state index is -5.11. The van der Waals surface area contributed by atoms with Crippen LogP contribution in [-0.2, 0) is 28.0 Å². The first kappa shape index (κ1) is 24.0. The number of alkyl halides is 3. The average Bonchev–Trinajstić information content (AvgIpc) is 3.23. The number of carbonyl (C=O) groups excluding carboxylic acids is 1. The normalized spacial score (nSPS) is 11.9. The van der Waals surface area contributed by atoms with Crippen LogP contribution < -0.4 is 14.2 Å². The average molecular weight is 506 g/mol. The van der Waals surface area contributed by atoms with Crippen molar-refractivity contribution in [3.8, 4) is 11.5 Å². The molecule has 4 rings (SSSR count). The van der Waals surface area contributed by atoms with Crippen molar-refractivity contribution >= 4 is 26.7 Å². The number of aromatic nitrogens is 3. The lowest BCUT2D eigenvalue weighted by Gasteiger charge is -2.13. The zero-order valence-electron chi connectivity index (χ0n) is 17.8. The molecule has 0 unspecified atom stereocenters. The van der Waals surface area contributed by atoms with E-state index in [9.17, 15) is 26.4 Å². The van der Waals surface area contributed by atoms with Gasteiger partial charge in [0, 0.05) is 0 Å². The fourth-order valence-electron chi connectivity index (χ4n) is 3.16. The molecule has 0 aliphatic rings. The van der Waals surface area contributed by atoms with E-state index in [4.69, 9.17) is 4.74 Å². The number of nitrogens with one attached hydrogen (secondary N) is 1. The predicted octanol–water partition coefficient (Wildman–Crippen LogP) is 3.41. The Morgan fingerprint density at radius 1 is 1.00 bits per heavy atom. The molecule has 0 radical (unpaired) electrons. The Hall–Kier alpha value is -4.13. The number of hydrogen-bond donors (Lipinski definition) is 1. The third-order valence-electron chi connectivity index (χ3n) is 4.61. The maximum atomic E-state index is 12.6. The summed E-state index contributed by atoms with van der Waals surface area (Å²) in [6.45, 7) is -0.509. The summed E-state index contributed by atoms with van der Waals surface area (Å²) in [6, 6.07) is 17.4. The van der Waals surface area contributed by atoms with Crippen LogP contribution in [0.1, 0.15) is 5.69 Å². The van der Waals surface area contributed by atoms with Gasteiger partial charge in [-0.05, 0) is 35.0 Å². The second-order valence-electron chi connectivity index (χ2n) is 7.23. The lowest BCUT2D eigenvalue weighted by Crippen LogP contribution is -2.34. The van der Waals surface area contributed by atoms with Crippen LogP contribution in [-0.4, -0.2) is 35.7 Å². The second kappa shape index (κ2) is 9.62. The summed E-state index contributed by atoms with van der Waals surface area (Å²) >= 11 is 0. The van der Waals surface area contributed by atoms with Crippen LogP contribution in [0, 0.1) is 0 Å². The van der Waals surface area contributed by atoms with E-state index >= 15 is 0 Å². The van der Waals surface area contributed by atoms with E-state index in [0.29, 0.717) is 11.4 Å². The first-order valence-corrected chi connectivity index (χ1v) is 11.5. The molecule has 0 aliphatic heterocycles. The van der Waals surface area contributed by atoms with Crippen LogP contribution in [0.3, 0.4) is 0 Å². The number of rotatable bonds is 8. The Labute approximate surface area is 197 Å². The summed E-state index contributed by atoms with van der Waals surface area (Å²) in [6.07, 6.45) is -3.73. The van der Waals surface area contributed by atoms with E-state index in [0.717, 1.165) is 27.6 Å². The summed E-state index contributed by atoms with van der Waals surface area (Å²) < 4.78 is 74.8. The van der Waals surface area contributed by atoms with E-state index < -0.39 is 39.5 Å². The maximum Gasteiger partial charge on any atom is 0.573 e. The van der Waals surface area contributed by atoms with Gasteiger partial charge in [0.15, 0.2) is 0 Å². The number of para-hydroxylation sites is 1. The number of halogens is 3. The molecule has 9 nitrogen and oxygen atoms in total. The minimum absolute atomic E-state index is 0.0421. The molecule has 0 aliphatic carbocycles. The third-order valence-corrected chi connectivity index (χ3v) is 6.02. The first-order chi connectivity index (χ1) is 16.6. The van der Waals surface area contributed by atoms with Crippen LogP contribution in [0.4, 0.5) is 13.2 Å². The molecule has 0 saturated heterocycles. The van der Waals surface area contributed by atoms with E-state index in [-0.39, 0.29) is 6.61 Å². The number of benzene rings is 3. The summed E-state index contributed by atoms with van der Waals surface area (Å²) in [5.74, 6) is -1.41. The minimum Gasteiger partial charge on any atom is -0.487 e. The summed E-state index contributed by atoms with van der Waals surface area (Å²) in [5, 5.41) is 9.66. The van der Waals surface area contributed by atoms with Gasteiger partial charge in [-0.15, -0.1) is 18.3 Å². The van der Waals surface area contributed by atoms with Crippen molar-refractivity contribution in [1.29, 1.82) is 0 Å². The van der Waals surface area contributed by atoms with Crippen molar-refractivity contribution in [1.82, 2.24) is 19.7 Å². The molecular formula is C22H17F3N4O5S. The van der Waals surface area contributed by atoms with Crippen molar-refractivity contribution in [3.05, 3.63) is 78.6 Å². The van der Waals surface area contributed by atoms with Crippen LogP contribution in [0.5, 0.6) is 11.5 Å². The maximum absolute atomic E-state index is 12.6. The summed E-state index contributed by atoms with van der Waals surface area (Å²) in [5.41, 5.74) is 0.373. The lowest BCUT2D eigenvalue weighted by atomic mass is 10.1. The van der Waals surface area contributed by atoms with Gasteiger partial charge in [0.05, 0.1) is 6.20 Å². The molecule has 0 spiro atoms. The van der Waals surface area contributed by atoms with Gasteiger partial charge in [0.25, 0.3) is 15.9 Å². The van der Waals surface area contributed by atoms with Crippen molar-refractivity contribution in [3.63, 3.8) is 0 Å². The highest BCUT2D eigenvalue weighted by atomic mass is 32.2. The molecule has 0 atom stereocenters. The monoisotopic (exact) mass is 506 g/mol. The fourth-order valence-corrected chi connectivity index (χ4v) is 4.27. The standard InChI is InChI=1S/C22H17F3N4O5S/c23-22(24,25)34-19-7-3-4-8-20(19)35(31,32)27-21(30)13-29-12-17(26-28-29)14-33-18-10-9-15-5-1-2-6-16(15)11-18/h1-12H,13-14H2,(H,27,30). The van der Waals surface area contributed by atoms with Crippen molar-refractivity contribution < 1.29 is 35.9 Å². The number of ether oxygens (including phenoxy) is 2. The Bertz CT molecular complexity index is 1470. The van der Waals surface area contributed by atoms with E-state index in [2.05, 4.69) is 15.0 Å². The quantitative estimate of drug-likeness (QED) is 0.390. The third kappa shape index (κ3) is 6.26. The summed E-state index contributed by atoms with van der Waals surface area (Å²) in [7, 11) is -4.65. The largest absolute Gasteiger partial charge is 0.573 e. The topological polar surface area (TPSA) is 112 Å². The number of carbonyl (C=O) groups is 1. The van der Waals surface area contributed by atoms with E-state index in [1.54, 1.807) is 10.8 Å². The SMILES string of the molecule is O=C(Cn1cc(COc2ccc3ccccc3c2)nn1)NS(=O)(=O)c1ccccc1OC(F)(F)F. The van der Waals surface area contributed by atoms with Crippen molar-refractivity contribution in [2.45, 2.75) is 24.4 Å². The van der Waals surface area contributed by atoms with Gasteiger partial charge in [-0.3, -0.25) is 4.79 Å². The molecule has 1 heterocycles. The molecule has 1 aromatic heterocycles. The number of amides is 1. The van der Waals surface area contributed by atoms with Gasteiger partial charge in [0.2, 0.25) is 0 Å². The Morgan fingerprint density at radius 2 is 1.71 bits per heavy atom. The number of fused-ring (bicyclic) bond motifs is 1. The summed E-state index contributed by atoms with van der Waals surface area (Å²) in [4.78, 5) is 11.4. The molecule has 1 amide bonds. The molecule has 182 valence electrons.